The van der Waals surface area contributed by atoms with Crippen molar-refractivity contribution in [2.75, 3.05) is 5.32 Å². The Bertz CT molecular complexity index is 1120. The number of aromatic nitrogens is 2. The third-order valence-corrected chi connectivity index (χ3v) is 6.37. The lowest BCUT2D eigenvalue weighted by atomic mass is 10.1. The minimum Gasteiger partial charge on any atom is -0.373 e. The van der Waals surface area contributed by atoms with Crippen molar-refractivity contribution in [3.05, 3.63) is 75.0 Å². The van der Waals surface area contributed by atoms with Crippen LogP contribution in [-0.4, -0.2) is 22.2 Å². The van der Waals surface area contributed by atoms with Gasteiger partial charge in [0.25, 0.3) is 0 Å². The summed E-state index contributed by atoms with van der Waals surface area (Å²) in [6.07, 6.45) is 2.58. The third-order valence-electron chi connectivity index (χ3n) is 5.82. The number of hydrogen-bond acceptors (Lipinski definition) is 4. The van der Waals surface area contributed by atoms with Gasteiger partial charge in [0.1, 0.15) is 5.82 Å². The first-order chi connectivity index (χ1) is 15.4. The molecule has 0 unspecified atom stereocenters. The van der Waals surface area contributed by atoms with Gasteiger partial charge in [-0.15, -0.1) is 0 Å². The van der Waals surface area contributed by atoms with E-state index in [2.05, 4.69) is 57.3 Å². The Hall–Kier alpha value is -2.14. The van der Waals surface area contributed by atoms with Crippen LogP contribution in [0.2, 0.25) is 10.0 Å². The maximum atomic E-state index is 6.51. The number of anilines is 1. The van der Waals surface area contributed by atoms with Gasteiger partial charge in [0.2, 0.25) is 0 Å². The second kappa shape index (κ2) is 9.78. The summed E-state index contributed by atoms with van der Waals surface area (Å²) in [6.45, 7) is 8.34. The molecular weight excluding hydrogens is 441 g/mol. The van der Waals surface area contributed by atoms with Gasteiger partial charge in [0.15, 0.2) is 0 Å². The van der Waals surface area contributed by atoms with E-state index in [0.29, 0.717) is 10.0 Å². The van der Waals surface area contributed by atoms with E-state index in [0.717, 1.165) is 47.7 Å². The average molecular weight is 470 g/mol. The average Bonchev–Trinajstić information content (AvgIpc) is 3.10. The summed E-state index contributed by atoms with van der Waals surface area (Å²) in [4.78, 5) is 10.0. The summed E-state index contributed by atoms with van der Waals surface area (Å²) in [5, 5.41) is 4.89. The third kappa shape index (κ3) is 4.63. The Labute approximate surface area is 200 Å². The van der Waals surface area contributed by atoms with E-state index in [9.17, 15) is 0 Å². The van der Waals surface area contributed by atoms with E-state index in [-0.39, 0.29) is 18.2 Å². The van der Waals surface area contributed by atoms with Crippen molar-refractivity contribution in [2.45, 2.75) is 65.2 Å². The fourth-order valence-corrected chi connectivity index (χ4v) is 4.86. The Morgan fingerprint density at radius 2 is 1.78 bits per heavy atom. The highest BCUT2D eigenvalue weighted by Gasteiger charge is 2.34. The van der Waals surface area contributed by atoms with Gasteiger partial charge in [-0.05, 0) is 56.0 Å². The molecular formula is C26H29Cl2N3O. The fraction of sp³-hybridized carbons (Fsp3) is 0.385. The number of ether oxygens (including phenoxy) is 1. The maximum absolute atomic E-state index is 6.51. The van der Waals surface area contributed by atoms with E-state index < -0.39 is 0 Å². The molecule has 168 valence electrons. The SMILES string of the molecule is CCc1nc(-c2ccc(Cl)cc2Cl)c(CC)nc1N[C@@H]1c2ccccc2C[C@@H]1OC(C)C. The van der Waals surface area contributed by atoms with E-state index >= 15 is 0 Å². The van der Waals surface area contributed by atoms with Crippen molar-refractivity contribution in [3.63, 3.8) is 0 Å². The van der Waals surface area contributed by atoms with E-state index in [1.54, 1.807) is 6.07 Å². The number of hydrogen-bond donors (Lipinski definition) is 1. The zero-order valence-corrected chi connectivity index (χ0v) is 20.5. The van der Waals surface area contributed by atoms with Crippen molar-refractivity contribution in [1.29, 1.82) is 0 Å². The second-order valence-electron chi connectivity index (χ2n) is 8.39. The minimum absolute atomic E-state index is 0.0304. The summed E-state index contributed by atoms with van der Waals surface area (Å²) in [5.41, 5.74) is 6.08. The molecule has 1 N–H and O–H groups in total. The normalized spacial score (nSPS) is 17.6. The van der Waals surface area contributed by atoms with Gasteiger partial charge in [0.05, 0.1) is 40.4 Å². The maximum Gasteiger partial charge on any atom is 0.148 e. The molecule has 6 heteroatoms. The van der Waals surface area contributed by atoms with Crippen molar-refractivity contribution < 1.29 is 4.74 Å². The highest BCUT2D eigenvalue weighted by Crippen LogP contribution is 2.38. The van der Waals surface area contributed by atoms with Crippen LogP contribution in [-0.2, 0) is 24.0 Å². The van der Waals surface area contributed by atoms with Crippen LogP contribution in [0.3, 0.4) is 0 Å². The summed E-state index contributed by atoms with van der Waals surface area (Å²) in [5.74, 6) is 0.817. The van der Waals surface area contributed by atoms with Gasteiger partial charge in [0, 0.05) is 17.0 Å². The molecule has 1 aromatic heterocycles. The predicted molar refractivity (Wildman–Crippen MR) is 133 cm³/mol. The summed E-state index contributed by atoms with van der Waals surface area (Å²) in [6, 6.07) is 14.1. The molecule has 0 fully saturated rings. The molecule has 1 heterocycles. The minimum atomic E-state index is 0.0304. The van der Waals surface area contributed by atoms with Gasteiger partial charge >= 0.3 is 0 Å². The first kappa shape index (κ1) is 23.0. The number of nitrogens with zero attached hydrogens (tertiary/aromatic N) is 2. The molecule has 0 aliphatic heterocycles. The summed E-state index contributed by atoms with van der Waals surface area (Å²) < 4.78 is 6.29. The molecule has 0 saturated carbocycles. The zero-order valence-electron chi connectivity index (χ0n) is 19.0. The molecule has 4 rings (SSSR count). The lowest BCUT2D eigenvalue weighted by Crippen LogP contribution is -2.28. The highest BCUT2D eigenvalue weighted by molar-refractivity contribution is 6.36. The molecule has 2 atom stereocenters. The molecule has 4 nitrogen and oxygen atoms in total. The van der Waals surface area contributed by atoms with Gasteiger partial charge in [-0.3, -0.25) is 0 Å². The Kier molecular flexibility index (Phi) is 7.04. The lowest BCUT2D eigenvalue weighted by molar-refractivity contribution is 0.00371. The largest absolute Gasteiger partial charge is 0.373 e. The quantitative estimate of drug-likeness (QED) is 0.401. The molecule has 1 aliphatic rings. The predicted octanol–water partition coefficient (Wildman–Crippen LogP) is 7.08. The first-order valence-electron chi connectivity index (χ1n) is 11.3. The van der Waals surface area contributed by atoms with Crippen LogP contribution in [0.1, 0.15) is 56.3 Å². The van der Waals surface area contributed by atoms with Crippen LogP contribution in [0.5, 0.6) is 0 Å². The van der Waals surface area contributed by atoms with Crippen LogP contribution in [0.25, 0.3) is 11.3 Å². The molecule has 0 spiro atoms. The Morgan fingerprint density at radius 3 is 2.47 bits per heavy atom. The molecule has 0 amide bonds. The molecule has 0 radical (unpaired) electrons. The van der Waals surface area contributed by atoms with Crippen LogP contribution >= 0.6 is 23.2 Å². The monoisotopic (exact) mass is 469 g/mol. The van der Waals surface area contributed by atoms with Crippen LogP contribution in [0.4, 0.5) is 5.82 Å². The lowest BCUT2D eigenvalue weighted by Gasteiger charge is -2.26. The summed E-state index contributed by atoms with van der Waals surface area (Å²) >= 11 is 12.6. The molecule has 2 aromatic carbocycles. The van der Waals surface area contributed by atoms with Gasteiger partial charge < -0.3 is 10.1 Å². The fourth-order valence-electron chi connectivity index (χ4n) is 4.36. The first-order valence-corrected chi connectivity index (χ1v) is 12.0. The Morgan fingerprint density at radius 1 is 1.03 bits per heavy atom. The number of fused-ring (bicyclic) bond motifs is 1. The standard InChI is InChI=1S/C26H29Cl2N3O/c1-5-21-24(19-12-11-17(27)14-20(19)28)29-22(6-2)26(30-21)31-25-18-10-8-7-9-16(18)13-23(25)32-15(3)4/h7-12,14-15,23,25H,5-6,13H2,1-4H3,(H,30,31)/t23-,25+/m0/s1. The van der Waals surface area contributed by atoms with E-state index in [4.69, 9.17) is 37.9 Å². The molecule has 1 aliphatic carbocycles. The van der Waals surface area contributed by atoms with Gasteiger partial charge in [-0.25, -0.2) is 9.97 Å². The molecule has 0 saturated heterocycles. The van der Waals surface area contributed by atoms with Crippen molar-refractivity contribution in [1.82, 2.24) is 9.97 Å². The Balaban J connectivity index is 1.75. The molecule has 0 bridgehead atoms. The number of aryl methyl sites for hydroxylation is 2. The second-order valence-corrected chi connectivity index (χ2v) is 9.24. The number of benzene rings is 2. The molecule has 3 aromatic rings. The van der Waals surface area contributed by atoms with E-state index in [1.807, 2.05) is 12.1 Å². The zero-order chi connectivity index (χ0) is 22.8. The highest BCUT2D eigenvalue weighted by atomic mass is 35.5. The smallest absolute Gasteiger partial charge is 0.148 e. The van der Waals surface area contributed by atoms with Crippen LogP contribution < -0.4 is 5.32 Å². The van der Waals surface area contributed by atoms with Crippen LogP contribution in [0, 0.1) is 0 Å². The van der Waals surface area contributed by atoms with Crippen LogP contribution in [0.15, 0.2) is 42.5 Å². The number of rotatable bonds is 7. The van der Waals surface area contributed by atoms with Crippen molar-refractivity contribution in [2.24, 2.45) is 0 Å². The number of halogens is 2. The summed E-state index contributed by atoms with van der Waals surface area (Å²) in [7, 11) is 0. The van der Waals surface area contributed by atoms with Crippen molar-refractivity contribution >= 4 is 29.0 Å². The van der Waals surface area contributed by atoms with Gasteiger partial charge in [-0.1, -0.05) is 61.3 Å². The number of nitrogens with one attached hydrogen (secondary N) is 1. The van der Waals surface area contributed by atoms with Gasteiger partial charge in [-0.2, -0.15) is 0 Å². The van der Waals surface area contributed by atoms with E-state index in [1.165, 1.54) is 11.1 Å². The molecule has 32 heavy (non-hydrogen) atoms. The van der Waals surface area contributed by atoms with Crippen molar-refractivity contribution in [3.8, 4) is 11.3 Å². The topological polar surface area (TPSA) is 47.0 Å².